The lowest BCUT2D eigenvalue weighted by Gasteiger charge is -2.25. The van der Waals surface area contributed by atoms with E-state index >= 15 is 0 Å². The number of aliphatic hydroxyl groups excluding tert-OH is 1. The molecule has 0 radical (unpaired) electrons. The number of anilines is 1. The van der Waals surface area contributed by atoms with E-state index in [1.54, 1.807) is 4.90 Å². The Kier molecular flexibility index (Phi) is 5.79. The maximum Gasteiger partial charge on any atom is 0.293 e. The number of rotatable bonds is 5. The van der Waals surface area contributed by atoms with Gasteiger partial charge in [0, 0.05) is 25.7 Å². The molecule has 0 bridgehead atoms. The molecule has 2 saturated heterocycles. The normalized spacial score (nSPS) is 22.3. The van der Waals surface area contributed by atoms with Gasteiger partial charge in [0.25, 0.3) is 5.69 Å². The molecule has 0 unspecified atom stereocenters. The van der Waals surface area contributed by atoms with Gasteiger partial charge in [-0.1, -0.05) is 12.8 Å². The molecule has 1 N–H and O–H groups in total. The summed E-state index contributed by atoms with van der Waals surface area (Å²) in [5, 5.41) is 21.1. The standard InChI is InChI=1S/C17H25N3O5S/c21-13-14-6-5-11-19(14)16-8-7-15(12-17(16)20(22)23)26(24,25)18-9-3-1-2-4-10-18/h7-8,12,14,21H,1-6,9-11,13H2/t14-/m1/s1. The van der Waals surface area contributed by atoms with Crippen molar-refractivity contribution >= 4 is 21.4 Å². The van der Waals surface area contributed by atoms with Crippen LogP contribution in [-0.2, 0) is 10.0 Å². The lowest BCUT2D eigenvalue weighted by atomic mass is 10.2. The Morgan fingerprint density at radius 3 is 2.42 bits per heavy atom. The van der Waals surface area contributed by atoms with E-state index in [1.807, 2.05) is 0 Å². The molecule has 0 aromatic heterocycles. The number of benzene rings is 1. The molecule has 0 saturated carbocycles. The molecule has 0 amide bonds. The highest BCUT2D eigenvalue weighted by Crippen LogP contribution is 2.36. The lowest BCUT2D eigenvalue weighted by Crippen LogP contribution is -2.33. The summed E-state index contributed by atoms with van der Waals surface area (Å²) in [6.07, 6.45) is 5.24. The summed E-state index contributed by atoms with van der Waals surface area (Å²) >= 11 is 0. The zero-order chi connectivity index (χ0) is 18.7. The Morgan fingerprint density at radius 2 is 1.81 bits per heavy atom. The van der Waals surface area contributed by atoms with Crippen molar-refractivity contribution in [3.8, 4) is 0 Å². The van der Waals surface area contributed by atoms with Crippen LogP contribution in [0.25, 0.3) is 0 Å². The molecule has 1 aromatic rings. The molecule has 2 aliphatic rings. The molecule has 1 aromatic carbocycles. The van der Waals surface area contributed by atoms with Gasteiger partial charge in [-0.3, -0.25) is 10.1 Å². The molecule has 8 nitrogen and oxygen atoms in total. The molecule has 2 heterocycles. The van der Waals surface area contributed by atoms with Gasteiger partial charge in [-0.15, -0.1) is 0 Å². The van der Waals surface area contributed by atoms with Gasteiger partial charge in [0.1, 0.15) is 5.69 Å². The monoisotopic (exact) mass is 383 g/mol. The van der Waals surface area contributed by atoms with E-state index < -0.39 is 14.9 Å². The first kappa shape index (κ1) is 19.1. The van der Waals surface area contributed by atoms with Gasteiger partial charge in [-0.2, -0.15) is 4.31 Å². The summed E-state index contributed by atoms with van der Waals surface area (Å²) in [6, 6.07) is 3.97. The van der Waals surface area contributed by atoms with Crippen molar-refractivity contribution < 1.29 is 18.4 Å². The fraction of sp³-hybridized carbons (Fsp3) is 0.647. The number of nitro groups is 1. The molecular formula is C17H25N3O5S. The Balaban J connectivity index is 1.97. The van der Waals surface area contributed by atoms with E-state index in [9.17, 15) is 23.6 Å². The zero-order valence-electron chi connectivity index (χ0n) is 14.7. The van der Waals surface area contributed by atoms with Gasteiger partial charge in [0.15, 0.2) is 0 Å². The summed E-state index contributed by atoms with van der Waals surface area (Å²) < 4.78 is 27.3. The van der Waals surface area contributed by atoms with Crippen LogP contribution in [0.1, 0.15) is 38.5 Å². The SMILES string of the molecule is O=[N+]([O-])c1cc(S(=O)(=O)N2CCCCCC2)ccc1N1CCC[C@@H]1CO. The second kappa shape index (κ2) is 7.89. The minimum atomic E-state index is -3.74. The average Bonchev–Trinajstić information content (AvgIpc) is 2.93. The molecule has 2 fully saturated rings. The van der Waals surface area contributed by atoms with Crippen molar-refractivity contribution in [2.24, 2.45) is 0 Å². The van der Waals surface area contributed by atoms with Crippen LogP contribution in [0.15, 0.2) is 23.1 Å². The second-order valence-corrected chi connectivity index (χ2v) is 8.84. The lowest BCUT2D eigenvalue weighted by molar-refractivity contribution is -0.384. The van der Waals surface area contributed by atoms with E-state index in [-0.39, 0.29) is 23.2 Å². The molecule has 0 aliphatic carbocycles. The number of nitro benzene ring substituents is 1. The summed E-state index contributed by atoms with van der Waals surface area (Å²) in [6.45, 7) is 1.45. The average molecular weight is 383 g/mol. The first-order valence-corrected chi connectivity index (χ1v) is 10.6. The van der Waals surface area contributed by atoms with Crippen molar-refractivity contribution in [3.05, 3.63) is 28.3 Å². The third-order valence-corrected chi connectivity index (χ3v) is 7.14. The maximum absolute atomic E-state index is 12.9. The highest BCUT2D eigenvalue weighted by atomic mass is 32.2. The maximum atomic E-state index is 12.9. The fourth-order valence-corrected chi connectivity index (χ4v) is 5.36. The van der Waals surface area contributed by atoms with E-state index in [0.29, 0.717) is 25.3 Å². The van der Waals surface area contributed by atoms with Crippen LogP contribution in [0.4, 0.5) is 11.4 Å². The quantitative estimate of drug-likeness (QED) is 0.617. The Hall–Kier alpha value is -1.71. The van der Waals surface area contributed by atoms with Gasteiger partial charge < -0.3 is 10.0 Å². The topological polar surface area (TPSA) is 104 Å². The van der Waals surface area contributed by atoms with Crippen LogP contribution >= 0.6 is 0 Å². The zero-order valence-corrected chi connectivity index (χ0v) is 15.5. The fourth-order valence-electron chi connectivity index (χ4n) is 3.83. The first-order chi connectivity index (χ1) is 12.4. The molecule has 144 valence electrons. The number of hydrogen-bond donors (Lipinski definition) is 1. The molecule has 26 heavy (non-hydrogen) atoms. The summed E-state index contributed by atoms with van der Waals surface area (Å²) in [7, 11) is -3.74. The van der Waals surface area contributed by atoms with Crippen LogP contribution in [0.2, 0.25) is 0 Å². The predicted octanol–water partition coefficient (Wildman–Crippen LogP) is 2.12. The minimum Gasteiger partial charge on any atom is -0.394 e. The van der Waals surface area contributed by atoms with Crippen molar-refractivity contribution in [2.75, 3.05) is 31.1 Å². The van der Waals surface area contributed by atoms with Gasteiger partial charge in [-0.25, -0.2) is 8.42 Å². The Morgan fingerprint density at radius 1 is 1.12 bits per heavy atom. The summed E-state index contributed by atoms with van der Waals surface area (Å²) in [5.41, 5.74) is 0.155. The van der Waals surface area contributed by atoms with Crippen LogP contribution in [0.3, 0.4) is 0 Å². The van der Waals surface area contributed by atoms with Crippen LogP contribution in [0.5, 0.6) is 0 Å². The summed E-state index contributed by atoms with van der Waals surface area (Å²) in [4.78, 5) is 12.8. The van der Waals surface area contributed by atoms with Gasteiger partial charge >= 0.3 is 0 Å². The smallest absolute Gasteiger partial charge is 0.293 e. The third kappa shape index (κ3) is 3.70. The van der Waals surface area contributed by atoms with E-state index in [2.05, 4.69) is 0 Å². The van der Waals surface area contributed by atoms with E-state index in [4.69, 9.17) is 0 Å². The molecule has 1 atom stereocenters. The van der Waals surface area contributed by atoms with Gasteiger partial charge in [0.05, 0.1) is 22.5 Å². The van der Waals surface area contributed by atoms with Gasteiger partial charge in [-0.05, 0) is 37.8 Å². The Bertz CT molecular complexity index is 760. The second-order valence-electron chi connectivity index (χ2n) is 6.90. The molecule has 2 aliphatic heterocycles. The van der Waals surface area contributed by atoms with E-state index in [1.165, 1.54) is 22.5 Å². The molecular weight excluding hydrogens is 358 g/mol. The van der Waals surface area contributed by atoms with Gasteiger partial charge in [0.2, 0.25) is 10.0 Å². The van der Waals surface area contributed by atoms with Crippen LogP contribution in [-0.4, -0.2) is 55.0 Å². The largest absolute Gasteiger partial charge is 0.394 e. The number of sulfonamides is 1. The van der Waals surface area contributed by atoms with Crippen molar-refractivity contribution in [3.63, 3.8) is 0 Å². The van der Waals surface area contributed by atoms with Crippen molar-refractivity contribution in [1.82, 2.24) is 4.31 Å². The molecule has 3 rings (SSSR count). The highest BCUT2D eigenvalue weighted by molar-refractivity contribution is 7.89. The van der Waals surface area contributed by atoms with Crippen LogP contribution < -0.4 is 4.90 Å². The minimum absolute atomic E-state index is 0.0328. The van der Waals surface area contributed by atoms with Crippen molar-refractivity contribution in [1.29, 1.82) is 0 Å². The van der Waals surface area contributed by atoms with E-state index in [0.717, 1.165) is 38.5 Å². The third-order valence-electron chi connectivity index (χ3n) is 5.24. The predicted molar refractivity (Wildman–Crippen MR) is 97.8 cm³/mol. The first-order valence-electron chi connectivity index (χ1n) is 9.11. The summed E-state index contributed by atoms with van der Waals surface area (Å²) in [5.74, 6) is 0. The van der Waals surface area contributed by atoms with Crippen LogP contribution in [0, 0.1) is 10.1 Å². The Labute approximate surface area is 153 Å². The molecule has 9 heteroatoms. The molecule has 0 spiro atoms. The number of nitrogens with zero attached hydrogens (tertiary/aromatic N) is 3. The number of aliphatic hydroxyl groups is 1. The highest BCUT2D eigenvalue weighted by Gasteiger charge is 2.32. The van der Waals surface area contributed by atoms with Crippen molar-refractivity contribution in [2.45, 2.75) is 49.5 Å². The number of hydrogen-bond acceptors (Lipinski definition) is 6.